The average Bonchev–Trinajstić information content (AvgIpc) is 3.13. The molecule has 0 unspecified atom stereocenters. The van der Waals surface area contributed by atoms with E-state index in [0.29, 0.717) is 11.8 Å². The van der Waals surface area contributed by atoms with Crippen LogP contribution in [0.25, 0.3) is 5.13 Å². The van der Waals surface area contributed by atoms with E-state index in [1.54, 1.807) is 0 Å². The Hall–Kier alpha value is -1.62. The highest BCUT2D eigenvalue weighted by atomic mass is 32.1. The normalized spacial score (nSPS) is 25.1. The Kier molecular flexibility index (Phi) is 4.34. The SMILES string of the molecule is Cc1nc(-n2cccc2)sc1C(=O)N[C@@H]1CCC[C@H](C)[C@H]1C. The minimum absolute atomic E-state index is 0.0272. The van der Waals surface area contributed by atoms with Crippen molar-refractivity contribution in [1.29, 1.82) is 0 Å². The molecule has 1 fully saturated rings. The van der Waals surface area contributed by atoms with E-state index < -0.39 is 0 Å². The fourth-order valence-electron chi connectivity index (χ4n) is 3.18. The zero-order valence-electron chi connectivity index (χ0n) is 13.4. The third kappa shape index (κ3) is 2.95. The quantitative estimate of drug-likeness (QED) is 0.936. The summed E-state index contributed by atoms with van der Waals surface area (Å²) in [5.41, 5.74) is 0.808. The molecule has 1 saturated carbocycles. The van der Waals surface area contributed by atoms with Gasteiger partial charge in [-0.1, -0.05) is 38.0 Å². The molecule has 0 saturated heterocycles. The fourth-order valence-corrected chi connectivity index (χ4v) is 4.12. The third-order valence-corrected chi connectivity index (χ3v) is 6.01. The lowest BCUT2D eigenvalue weighted by Gasteiger charge is -2.34. The summed E-state index contributed by atoms with van der Waals surface area (Å²) in [5.74, 6) is 1.24. The number of carbonyl (C=O) groups is 1. The monoisotopic (exact) mass is 317 g/mol. The number of nitrogens with one attached hydrogen (secondary N) is 1. The highest BCUT2D eigenvalue weighted by Crippen LogP contribution is 2.30. The zero-order chi connectivity index (χ0) is 15.7. The Bertz CT molecular complexity index is 647. The summed E-state index contributed by atoms with van der Waals surface area (Å²) in [5, 5.41) is 4.08. The average molecular weight is 317 g/mol. The number of rotatable bonds is 3. The van der Waals surface area contributed by atoms with Gasteiger partial charge in [0.05, 0.1) is 5.69 Å². The molecule has 2 heterocycles. The second kappa shape index (κ2) is 6.24. The lowest BCUT2D eigenvalue weighted by atomic mass is 9.78. The molecule has 0 bridgehead atoms. The molecule has 1 aliphatic rings. The number of aromatic nitrogens is 2. The van der Waals surface area contributed by atoms with Crippen LogP contribution in [0.5, 0.6) is 0 Å². The molecule has 3 atom stereocenters. The largest absolute Gasteiger partial charge is 0.348 e. The predicted molar refractivity (Wildman–Crippen MR) is 89.6 cm³/mol. The zero-order valence-corrected chi connectivity index (χ0v) is 14.2. The number of thiazole rings is 1. The third-order valence-electron chi connectivity index (χ3n) is 4.84. The van der Waals surface area contributed by atoms with E-state index >= 15 is 0 Å². The van der Waals surface area contributed by atoms with Crippen LogP contribution in [-0.4, -0.2) is 21.5 Å². The van der Waals surface area contributed by atoms with Crippen molar-refractivity contribution in [2.24, 2.45) is 11.8 Å². The summed E-state index contributed by atoms with van der Waals surface area (Å²) in [7, 11) is 0. The van der Waals surface area contributed by atoms with Crippen LogP contribution in [0.15, 0.2) is 24.5 Å². The summed E-state index contributed by atoms with van der Waals surface area (Å²) in [6.07, 6.45) is 7.45. The molecule has 118 valence electrons. The number of nitrogens with zero attached hydrogens (tertiary/aromatic N) is 2. The Morgan fingerprint density at radius 3 is 2.77 bits per heavy atom. The van der Waals surface area contributed by atoms with Gasteiger partial charge in [0.15, 0.2) is 5.13 Å². The van der Waals surface area contributed by atoms with Crippen molar-refractivity contribution in [1.82, 2.24) is 14.9 Å². The molecule has 1 aliphatic carbocycles. The van der Waals surface area contributed by atoms with E-state index in [0.717, 1.165) is 22.1 Å². The van der Waals surface area contributed by atoms with Gasteiger partial charge in [0.1, 0.15) is 4.88 Å². The fraction of sp³-hybridized carbons (Fsp3) is 0.529. The van der Waals surface area contributed by atoms with Gasteiger partial charge in [-0.05, 0) is 37.3 Å². The van der Waals surface area contributed by atoms with E-state index in [4.69, 9.17) is 0 Å². The molecule has 0 spiro atoms. The maximum atomic E-state index is 12.6. The molecule has 1 amide bonds. The summed E-state index contributed by atoms with van der Waals surface area (Å²) < 4.78 is 1.94. The van der Waals surface area contributed by atoms with Crippen molar-refractivity contribution < 1.29 is 4.79 Å². The number of amides is 1. The van der Waals surface area contributed by atoms with Gasteiger partial charge in [-0.3, -0.25) is 4.79 Å². The molecule has 2 aromatic heterocycles. The van der Waals surface area contributed by atoms with Crippen LogP contribution in [0.1, 0.15) is 48.5 Å². The van der Waals surface area contributed by atoms with Gasteiger partial charge in [-0.15, -0.1) is 0 Å². The first-order chi connectivity index (χ1) is 10.6. The summed E-state index contributed by atoms with van der Waals surface area (Å²) >= 11 is 1.46. The van der Waals surface area contributed by atoms with Gasteiger partial charge in [0.2, 0.25) is 0 Å². The van der Waals surface area contributed by atoms with Gasteiger partial charge in [0, 0.05) is 18.4 Å². The number of hydrogen-bond donors (Lipinski definition) is 1. The molecule has 2 aromatic rings. The lowest BCUT2D eigenvalue weighted by molar-refractivity contribution is 0.0894. The minimum Gasteiger partial charge on any atom is -0.348 e. The van der Waals surface area contributed by atoms with Gasteiger partial charge >= 0.3 is 0 Å². The maximum Gasteiger partial charge on any atom is 0.263 e. The lowest BCUT2D eigenvalue weighted by Crippen LogP contribution is -2.43. The molecule has 3 rings (SSSR count). The Labute approximate surface area is 135 Å². The van der Waals surface area contributed by atoms with Gasteiger partial charge in [-0.2, -0.15) is 0 Å². The molecule has 0 aliphatic heterocycles. The Morgan fingerprint density at radius 1 is 1.32 bits per heavy atom. The van der Waals surface area contributed by atoms with Crippen molar-refractivity contribution >= 4 is 17.2 Å². The van der Waals surface area contributed by atoms with Crippen molar-refractivity contribution in [2.45, 2.75) is 46.1 Å². The van der Waals surface area contributed by atoms with Crippen molar-refractivity contribution in [3.8, 4) is 5.13 Å². The van der Waals surface area contributed by atoms with Crippen molar-refractivity contribution in [3.63, 3.8) is 0 Å². The molecule has 1 N–H and O–H groups in total. The highest BCUT2D eigenvalue weighted by molar-refractivity contribution is 7.16. The molecule has 22 heavy (non-hydrogen) atoms. The van der Waals surface area contributed by atoms with E-state index in [2.05, 4.69) is 24.1 Å². The first-order valence-electron chi connectivity index (χ1n) is 7.98. The maximum absolute atomic E-state index is 12.6. The second-order valence-electron chi connectivity index (χ2n) is 6.35. The van der Waals surface area contributed by atoms with Gasteiger partial charge < -0.3 is 9.88 Å². The van der Waals surface area contributed by atoms with Crippen molar-refractivity contribution in [2.75, 3.05) is 0 Å². The Morgan fingerprint density at radius 2 is 2.05 bits per heavy atom. The van der Waals surface area contributed by atoms with Crippen LogP contribution in [0.4, 0.5) is 0 Å². The Balaban J connectivity index is 1.75. The smallest absolute Gasteiger partial charge is 0.263 e. The van der Waals surface area contributed by atoms with Gasteiger partial charge in [-0.25, -0.2) is 4.98 Å². The molecule has 0 radical (unpaired) electrons. The first-order valence-corrected chi connectivity index (χ1v) is 8.79. The highest BCUT2D eigenvalue weighted by Gasteiger charge is 2.29. The van der Waals surface area contributed by atoms with Crippen LogP contribution in [0.2, 0.25) is 0 Å². The first kappa shape index (κ1) is 15.3. The standard InChI is InChI=1S/C17H23N3OS/c1-11-7-6-8-14(12(11)2)19-16(21)15-13(3)18-17(22-15)20-9-4-5-10-20/h4-5,9-12,14H,6-8H2,1-3H3,(H,19,21)/t11-,12+,14+/m0/s1. The van der Waals surface area contributed by atoms with E-state index in [9.17, 15) is 4.79 Å². The summed E-state index contributed by atoms with van der Waals surface area (Å²) in [6.45, 7) is 6.44. The van der Waals surface area contributed by atoms with Crippen molar-refractivity contribution in [3.05, 3.63) is 35.1 Å². The van der Waals surface area contributed by atoms with Crippen LogP contribution in [0, 0.1) is 18.8 Å². The molecular weight excluding hydrogens is 294 g/mol. The summed E-state index contributed by atoms with van der Waals surface area (Å²) in [6, 6.07) is 4.20. The van der Waals surface area contributed by atoms with Gasteiger partial charge in [0.25, 0.3) is 5.91 Å². The predicted octanol–water partition coefficient (Wildman–Crippen LogP) is 3.80. The molecule has 5 heteroatoms. The summed E-state index contributed by atoms with van der Waals surface area (Å²) in [4.78, 5) is 17.9. The van der Waals surface area contributed by atoms with E-state index in [-0.39, 0.29) is 11.9 Å². The van der Waals surface area contributed by atoms with Crippen LogP contribution < -0.4 is 5.32 Å². The topological polar surface area (TPSA) is 46.9 Å². The molecule has 4 nitrogen and oxygen atoms in total. The minimum atomic E-state index is 0.0272. The number of aryl methyl sites for hydroxylation is 1. The van der Waals surface area contributed by atoms with E-state index in [1.807, 2.05) is 36.0 Å². The molecular formula is C17H23N3OS. The van der Waals surface area contributed by atoms with Crippen LogP contribution >= 0.6 is 11.3 Å². The van der Waals surface area contributed by atoms with Crippen LogP contribution in [0.3, 0.4) is 0 Å². The number of hydrogen-bond acceptors (Lipinski definition) is 3. The number of carbonyl (C=O) groups excluding carboxylic acids is 1. The second-order valence-corrected chi connectivity index (χ2v) is 7.33. The molecule has 0 aromatic carbocycles. The van der Waals surface area contributed by atoms with Crippen LogP contribution in [-0.2, 0) is 0 Å². The van der Waals surface area contributed by atoms with E-state index in [1.165, 1.54) is 24.2 Å².